The van der Waals surface area contributed by atoms with Gasteiger partial charge in [0, 0.05) is 24.9 Å². The quantitative estimate of drug-likeness (QED) is 0.521. The molecule has 0 radical (unpaired) electrons. The highest BCUT2D eigenvalue weighted by Gasteiger charge is 2.07. The molecule has 0 saturated heterocycles. The minimum atomic E-state index is 0.218. The average molecular weight is 166 g/mol. The highest BCUT2D eigenvalue weighted by Crippen LogP contribution is 2.11. The van der Waals surface area contributed by atoms with Gasteiger partial charge in [-0.1, -0.05) is 0 Å². The van der Waals surface area contributed by atoms with Crippen LogP contribution in [-0.4, -0.2) is 15.4 Å². The number of amidine groups is 1. The lowest BCUT2D eigenvalue weighted by Gasteiger charge is -2.13. The summed E-state index contributed by atoms with van der Waals surface area (Å²) in [6.07, 6.45) is 4.24. The molecule has 66 valence electrons. The normalized spacial score (nSPS) is 12.8. The van der Waals surface area contributed by atoms with Crippen LogP contribution in [0, 0.1) is 12.3 Å². The van der Waals surface area contributed by atoms with E-state index in [2.05, 4.69) is 4.98 Å². The van der Waals surface area contributed by atoms with E-state index in [-0.39, 0.29) is 11.9 Å². The fourth-order valence-corrected chi connectivity index (χ4v) is 1.27. The van der Waals surface area contributed by atoms with Gasteiger partial charge in [-0.15, -0.1) is 0 Å². The van der Waals surface area contributed by atoms with Gasteiger partial charge < -0.3 is 10.3 Å². The molecular weight excluding hydrogens is 152 g/mol. The van der Waals surface area contributed by atoms with Gasteiger partial charge in [0.05, 0.1) is 5.84 Å². The lowest BCUT2D eigenvalue weighted by atomic mass is 10.2. The molecule has 0 aliphatic carbocycles. The first-order valence-electron chi connectivity index (χ1n) is 3.93. The smallest absolute Gasteiger partial charge is 0.105 e. The summed E-state index contributed by atoms with van der Waals surface area (Å²) in [6, 6.07) is 0.227. The first-order chi connectivity index (χ1) is 5.61. The molecule has 0 spiro atoms. The minimum Gasteiger partial charge on any atom is -0.388 e. The third kappa shape index (κ3) is 1.84. The molecule has 0 fully saturated rings. The molecule has 0 bridgehead atoms. The lowest BCUT2D eigenvalue weighted by molar-refractivity contribution is 0.550. The van der Waals surface area contributed by atoms with Gasteiger partial charge in [-0.2, -0.15) is 0 Å². The molecule has 4 heteroatoms. The van der Waals surface area contributed by atoms with Crippen LogP contribution in [0.1, 0.15) is 25.2 Å². The molecule has 1 atom stereocenters. The topological polar surface area (TPSA) is 67.7 Å². The molecule has 1 rings (SSSR count). The second-order valence-corrected chi connectivity index (χ2v) is 2.96. The fraction of sp³-hybridized carbons (Fsp3) is 0.500. The van der Waals surface area contributed by atoms with E-state index in [1.165, 1.54) is 0 Å². The number of imidazole rings is 1. The largest absolute Gasteiger partial charge is 0.388 e. The Hall–Kier alpha value is -1.32. The Labute approximate surface area is 71.9 Å². The molecule has 0 aliphatic heterocycles. The van der Waals surface area contributed by atoms with Crippen LogP contribution in [-0.2, 0) is 0 Å². The first kappa shape index (κ1) is 8.77. The fourth-order valence-electron chi connectivity index (χ4n) is 1.27. The van der Waals surface area contributed by atoms with Gasteiger partial charge in [0.1, 0.15) is 5.82 Å². The number of hydrogen-bond donors (Lipinski definition) is 2. The number of rotatable bonds is 3. The Bertz CT molecular complexity index is 276. The van der Waals surface area contributed by atoms with Crippen molar-refractivity contribution in [3.05, 3.63) is 18.2 Å². The second kappa shape index (κ2) is 3.38. The van der Waals surface area contributed by atoms with Crippen molar-refractivity contribution in [1.29, 1.82) is 5.41 Å². The van der Waals surface area contributed by atoms with Crippen molar-refractivity contribution in [2.45, 2.75) is 26.3 Å². The third-order valence-corrected chi connectivity index (χ3v) is 1.85. The number of aromatic nitrogens is 2. The molecule has 1 unspecified atom stereocenters. The molecule has 0 aliphatic rings. The van der Waals surface area contributed by atoms with Gasteiger partial charge in [0.25, 0.3) is 0 Å². The Morgan fingerprint density at radius 1 is 1.83 bits per heavy atom. The van der Waals surface area contributed by atoms with E-state index in [9.17, 15) is 0 Å². The van der Waals surface area contributed by atoms with E-state index < -0.39 is 0 Å². The summed E-state index contributed by atoms with van der Waals surface area (Å²) in [5.74, 6) is 1.18. The molecular formula is C8H14N4. The van der Waals surface area contributed by atoms with Crippen molar-refractivity contribution >= 4 is 5.84 Å². The Kier molecular flexibility index (Phi) is 2.47. The predicted octanol–water partition coefficient (Wildman–Crippen LogP) is 1.08. The summed E-state index contributed by atoms with van der Waals surface area (Å²) in [7, 11) is 0. The van der Waals surface area contributed by atoms with Gasteiger partial charge in [-0.05, 0) is 13.8 Å². The van der Waals surface area contributed by atoms with Crippen LogP contribution in [0.4, 0.5) is 0 Å². The van der Waals surface area contributed by atoms with Crippen LogP contribution < -0.4 is 5.73 Å². The molecule has 0 amide bonds. The number of nitrogens with two attached hydrogens (primary N) is 1. The van der Waals surface area contributed by atoms with Crippen LogP contribution in [0.15, 0.2) is 12.4 Å². The zero-order valence-corrected chi connectivity index (χ0v) is 7.41. The van der Waals surface area contributed by atoms with Gasteiger partial charge >= 0.3 is 0 Å². The van der Waals surface area contributed by atoms with Crippen LogP contribution >= 0.6 is 0 Å². The van der Waals surface area contributed by atoms with Crippen molar-refractivity contribution in [2.24, 2.45) is 5.73 Å². The number of nitrogens with one attached hydrogen (secondary N) is 1. The van der Waals surface area contributed by atoms with Crippen molar-refractivity contribution in [2.75, 3.05) is 0 Å². The Morgan fingerprint density at radius 3 is 2.92 bits per heavy atom. The molecule has 3 N–H and O–H groups in total. The summed E-state index contributed by atoms with van der Waals surface area (Å²) in [5, 5.41) is 7.14. The highest BCUT2D eigenvalue weighted by molar-refractivity contribution is 5.77. The molecule has 4 nitrogen and oxygen atoms in total. The summed E-state index contributed by atoms with van der Waals surface area (Å²) in [6.45, 7) is 3.96. The molecule has 12 heavy (non-hydrogen) atoms. The van der Waals surface area contributed by atoms with E-state index in [0.29, 0.717) is 6.42 Å². The van der Waals surface area contributed by atoms with E-state index in [1.54, 1.807) is 6.20 Å². The Morgan fingerprint density at radius 2 is 2.50 bits per heavy atom. The Balaban J connectivity index is 2.71. The zero-order chi connectivity index (χ0) is 9.14. The summed E-state index contributed by atoms with van der Waals surface area (Å²) >= 11 is 0. The number of aryl methyl sites for hydroxylation is 1. The van der Waals surface area contributed by atoms with Gasteiger partial charge in [-0.25, -0.2) is 4.98 Å². The predicted molar refractivity (Wildman–Crippen MR) is 48.2 cm³/mol. The van der Waals surface area contributed by atoms with E-state index in [1.807, 2.05) is 24.6 Å². The molecule has 0 aromatic carbocycles. The van der Waals surface area contributed by atoms with Crippen molar-refractivity contribution in [1.82, 2.24) is 9.55 Å². The van der Waals surface area contributed by atoms with Crippen molar-refractivity contribution in [3.63, 3.8) is 0 Å². The third-order valence-electron chi connectivity index (χ3n) is 1.85. The zero-order valence-electron chi connectivity index (χ0n) is 7.41. The summed E-state index contributed by atoms with van der Waals surface area (Å²) < 4.78 is 2.02. The van der Waals surface area contributed by atoms with Crippen LogP contribution in [0.2, 0.25) is 0 Å². The van der Waals surface area contributed by atoms with E-state index in [0.717, 1.165) is 5.82 Å². The maximum absolute atomic E-state index is 7.14. The number of nitrogens with zero attached hydrogens (tertiary/aromatic N) is 2. The van der Waals surface area contributed by atoms with Crippen LogP contribution in [0.5, 0.6) is 0 Å². The number of hydrogen-bond acceptors (Lipinski definition) is 2. The maximum atomic E-state index is 7.14. The average Bonchev–Trinajstić information content (AvgIpc) is 2.33. The monoisotopic (exact) mass is 166 g/mol. The SMILES string of the molecule is Cc1nccn1C(C)CC(=N)N. The van der Waals surface area contributed by atoms with Crippen LogP contribution in [0.25, 0.3) is 0 Å². The molecule has 1 aromatic heterocycles. The highest BCUT2D eigenvalue weighted by atomic mass is 15.1. The van der Waals surface area contributed by atoms with Gasteiger partial charge in [-0.3, -0.25) is 5.41 Å². The van der Waals surface area contributed by atoms with Crippen LogP contribution in [0.3, 0.4) is 0 Å². The van der Waals surface area contributed by atoms with Gasteiger partial charge in [0.15, 0.2) is 0 Å². The minimum absolute atomic E-state index is 0.218. The summed E-state index contributed by atoms with van der Waals surface area (Å²) in [4.78, 5) is 4.10. The lowest BCUT2D eigenvalue weighted by Crippen LogP contribution is -2.17. The van der Waals surface area contributed by atoms with Gasteiger partial charge in [0.2, 0.25) is 0 Å². The summed E-state index contributed by atoms with van der Waals surface area (Å²) in [5.41, 5.74) is 5.30. The second-order valence-electron chi connectivity index (χ2n) is 2.96. The van der Waals surface area contributed by atoms with E-state index >= 15 is 0 Å². The van der Waals surface area contributed by atoms with Crippen molar-refractivity contribution in [3.8, 4) is 0 Å². The standard InChI is InChI=1S/C8H14N4/c1-6(5-8(9)10)12-4-3-11-7(12)2/h3-4,6H,5H2,1-2H3,(H3,9,10). The molecule has 1 aromatic rings. The first-order valence-corrected chi connectivity index (χ1v) is 3.93. The molecule has 0 saturated carbocycles. The van der Waals surface area contributed by atoms with E-state index in [4.69, 9.17) is 11.1 Å². The maximum Gasteiger partial charge on any atom is 0.105 e. The molecule has 1 heterocycles. The van der Waals surface area contributed by atoms with Crippen molar-refractivity contribution < 1.29 is 0 Å².